The maximum atomic E-state index is 11.7. The molecule has 0 bridgehead atoms. The summed E-state index contributed by atoms with van der Waals surface area (Å²) in [6.07, 6.45) is 2.50. The average molecular weight is 272 g/mol. The summed E-state index contributed by atoms with van der Waals surface area (Å²) in [5, 5.41) is -0.0102. The molecule has 5 nitrogen and oxygen atoms in total. The molecular formula is C7H11Cl2N3O2S. The molecular weight excluding hydrogens is 261 g/mol. The summed E-state index contributed by atoms with van der Waals surface area (Å²) in [6, 6.07) is 0. The third kappa shape index (κ3) is 3.07. The second-order valence-corrected chi connectivity index (χ2v) is 5.53. The Hall–Kier alpha value is -0.300. The fourth-order valence-electron chi connectivity index (χ4n) is 0.860. The lowest BCUT2D eigenvalue weighted by Crippen LogP contribution is -2.49. The van der Waals surface area contributed by atoms with Crippen molar-refractivity contribution < 1.29 is 8.42 Å². The van der Waals surface area contributed by atoms with Crippen LogP contribution in [0.3, 0.4) is 0 Å². The van der Waals surface area contributed by atoms with Crippen LogP contribution < -0.4 is 4.72 Å². The molecule has 1 heterocycles. The largest absolute Gasteiger partial charge is 0.335 e. The number of rotatable bonds is 5. The molecule has 0 amide bonds. The molecule has 0 atom stereocenters. The lowest BCUT2D eigenvalue weighted by molar-refractivity contribution is 0.498. The first-order valence-corrected chi connectivity index (χ1v) is 6.63. The molecule has 0 saturated carbocycles. The van der Waals surface area contributed by atoms with Gasteiger partial charge in [0.15, 0.2) is 5.03 Å². The highest BCUT2D eigenvalue weighted by Gasteiger charge is 2.29. The molecule has 0 unspecified atom stereocenters. The Morgan fingerprint density at radius 1 is 1.53 bits per heavy atom. The number of alkyl halides is 2. The normalized spacial score (nSPS) is 13.0. The lowest BCUT2D eigenvalue weighted by Gasteiger charge is -2.24. The van der Waals surface area contributed by atoms with E-state index in [1.165, 1.54) is 12.5 Å². The first kappa shape index (κ1) is 12.8. The zero-order valence-electron chi connectivity index (χ0n) is 8.00. The number of hydrogen-bond acceptors (Lipinski definition) is 3. The van der Waals surface area contributed by atoms with Crippen LogP contribution in [0.1, 0.15) is 6.92 Å². The summed E-state index contributed by atoms with van der Waals surface area (Å²) >= 11 is 11.3. The molecule has 0 aliphatic heterocycles. The number of nitrogens with one attached hydrogen (secondary N) is 2. The van der Waals surface area contributed by atoms with Crippen molar-refractivity contribution >= 4 is 33.2 Å². The minimum absolute atomic E-state index is 0.0102. The van der Waals surface area contributed by atoms with E-state index >= 15 is 0 Å². The van der Waals surface area contributed by atoms with Crippen LogP contribution in [-0.4, -0.2) is 35.7 Å². The standard InChI is InChI=1S/C7H11Cl2N3O2S/c1-7(3-8,4-9)12-15(13,14)6-2-10-5-11-6/h2,5,12H,3-4H2,1H3,(H,10,11). The highest BCUT2D eigenvalue weighted by Crippen LogP contribution is 2.13. The van der Waals surface area contributed by atoms with Crippen LogP contribution in [0.15, 0.2) is 17.6 Å². The van der Waals surface area contributed by atoms with E-state index in [-0.39, 0.29) is 16.8 Å². The Morgan fingerprint density at radius 3 is 2.53 bits per heavy atom. The molecule has 0 aliphatic rings. The maximum Gasteiger partial charge on any atom is 0.258 e. The van der Waals surface area contributed by atoms with E-state index in [9.17, 15) is 8.42 Å². The van der Waals surface area contributed by atoms with Crippen molar-refractivity contribution in [2.75, 3.05) is 11.8 Å². The minimum Gasteiger partial charge on any atom is -0.335 e. The topological polar surface area (TPSA) is 74.8 Å². The summed E-state index contributed by atoms with van der Waals surface area (Å²) in [5.41, 5.74) is -0.868. The van der Waals surface area contributed by atoms with Crippen LogP contribution in [0.2, 0.25) is 0 Å². The Balaban J connectivity index is 2.91. The second kappa shape index (κ2) is 4.69. The van der Waals surface area contributed by atoms with Gasteiger partial charge in [-0.3, -0.25) is 0 Å². The number of imidazole rings is 1. The molecule has 15 heavy (non-hydrogen) atoms. The van der Waals surface area contributed by atoms with E-state index in [0.717, 1.165) is 0 Å². The molecule has 0 aliphatic carbocycles. The summed E-state index contributed by atoms with van der Waals surface area (Å²) in [5.74, 6) is 0.174. The molecule has 2 N–H and O–H groups in total. The monoisotopic (exact) mass is 271 g/mol. The molecule has 0 spiro atoms. The van der Waals surface area contributed by atoms with Gasteiger partial charge in [-0.25, -0.2) is 18.1 Å². The van der Waals surface area contributed by atoms with Crippen molar-refractivity contribution in [2.45, 2.75) is 17.5 Å². The Labute approximate surface area is 98.2 Å². The molecule has 0 radical (unpaired) electrons. The lowest BCUT2D eigenvalue weighted by atomic mass is 10.1. The fraction of sp³-hybridized carbons (Fsp3) is 0.571. The number of H-pyrrole nitrogens is 1. The number of aromatic amines is 1. The quantitative estimate of drug-likeness (QED) is 0.783. The molecule has 1 rings (SSSR count). The van der Waals surface area contributed by atoms with E-state index in [4.69, 9.17) is 23.2 Å². The molecule has 0 fully saturated rings. The number of hydrogen-bond donors (Lipinski definition) is 2. The number of halogens is 2. The highest BCUT2D eigenvalue weighted by atomic mass is 35.5. The van der Waals surface area contributed by atoms with Gasteiger partial charge in [0, 0.05) is 11.8 Å². The first-order valence-electron chi connectivity index (χ1n) is 4.08. The van der Waals surface area contributed by atoms with Gasteiger partial charge in [0.1, 0.15) is 0 Å². The van der Waals surface area contributed by atoms with Gasteiger partial charge in [0.2, 0.25) is 0 Å². The molecule has 86 valence electrons. The SMILES string of the molecule is CC(CCl)(CCl)NS(=O)(=O)c1cnc[nH]1. The van der Waals surface area contributed by atoms with E-state index in [0.29, 0.717) is 0 Å². The van der Waals surface area contributed by atoms with Gasteiger partial charge in [0.05, 0.1) is 18.1 Å². The summed E-state index contributed by atoms with van der Waals surface area (Å²) in [7, 11) is -3.64. The highest BCUT2D eigenvalue weighted by molar-refractivity contribution is 7.89. The van der Waals surface area contributed by atoms with Crippen LogP contribution in [0.5, 0.6) is 0 Å². The van der Waals surface area contributed by atoms with E-state index in [1.807, 2.05) is 0 Å². The number of nitrogens with zero attached hydrogens (tertiary/aromatic N) is 1. The molecule has 1 aromatic heterocycles. The molecule has 0 aromatic carbocycles. The van der Waals surface area contributed by atoms with Gasteiger partial charge >= 0.3 is 0 Å². The summed E-state index contributed by atoms with van der Waals surface area (Å²) in [4.78, 5) is 6.13. The van der Waals surface area contributed by atoms with Crippen LogP contribution in [0, 0.1) is 0 Å². The van der Waals surface area contributed by atoms with Crippen molar-refractivity contribution in [2.24, 2.45) is 0 Å². The fourth-order valence-corrected chi connectivity index (χ4v) is 2.75. The van der Waals surface area contributed by atoms with Crippen LogP contribution in [0.25, 0.3) is 0 Å². The number of aromatic nitrogens is 2. The average Bonchev–Trinajstić information content (AvgIpc) is 2.70. The summed E-state index contributed by atoms with van der Waals surface area (Å²) < 4.78 is 25.9. The second-order valence-electron chi connectivity index (χ2n) is 3.35. The molecule has 0 saturated heterocycles. The van der Waals surface area contributed by atoms with E-state index in [1.54, 1.807) is 6.92 Å². The van der Waals surface area contributed by atoms with Gasteiger partial charge in [-0.05, 0) is 6.92 Å². The van der Waals surface area contributed by atoms with Crippen molar-refractivity contribution in [3.05, 3.63) is 12.5 Å². The minimum atomic E-state index is -3.64. The van der Waals surface area contributed by atoms with Crippen molar-refractivity contribution in [1.29, 1.82) is 0 Å². The number of sulfonamides is 1. The molecule has 1 aromatic rings. The molecule has 8 heteroatoms. The third-order valence-corrected chi connectivity index (χ3v) is 4.48. The zero-order chi connectivity index (χ0) is 11.5. The Bertz CT molecular complexity index is 400. The van der Waals surface area contributed by atoms with Crippen molar-refractivity contribution in [3.63, 3.8) is 0 Å². The van der Waals surface area contributed by atoms with E-state index in [2.05, 4.69) is 14.7 Å². The van der Waals surface area contributed by atoms with Gasteiger partial charge in [-0.2, -0.15) is 0 Å². The van der Waals surface area contributed by atoms with Crippen LogP contribution in [-0.2, 0) is 10.0 Å². The predicted octanol–water partition coefficient (Wildman–Crippen LogP) is 0.924. The van der Waals surface area contributed by atoms with Gasteiger partial charge in [-0.15, -0.1) is 23.2 Å². The van der Waals surface area contributed by atoms with E-state index < -0.39 is 15.6 Å². The first-order chi connectivity index (χ1) is 6.93. The Morgan fingerprint density at radius 2 is 2.13 bits per heavy atom. The third-order valence-electron chi connectivity index (χ3n) is 1.73. The van der Waals surface area contributed by atoms with Gasteiger partial charge in [0.25, 0.3) is 10.0 Å². The summed E-state index contributed by atoms with van der Waals surface area (Å²) in [6.45, 7) is 1.63. The predicted molar refractivity (Wildman–Crippen MR) is 58.8 cm³/mol. The van der Waals surface area contributed by atoms with Gasteiger partial charge < -0.3 is 4.98 Å². The maximum absolute atomic E-state index is 11.7. The van der Waals surface area contributed by atoms with Crippen LogP contribution in [0.4, 0.5) is 0 Å². The van der Waals surface area contributed by atoms with Crippen LogP contribution >= 0.6 is 23.2 Å². The Kier molecular flexibility index (Phi) is 3.99. The smallest absolute Gasteiger partial charge is 0.258 e. The van der Waals surface area contributed by atoms with Crippen molar-refractivity contribution in [3.8, 4) is 0 Å². The van der Waals surface area contributed by atoms with Crippen molar-refractivity contribution in [1.82, 2.24) is 14.7 Å². The van der Waals surface area contributed by atoms with Gasteiger partial charge in [-0.1, -0.05) is 0 Å². The zero-order valence-corrected chi connectivity index (χ0v) is 10.3.